The van der Waals surface area contributed by atoms with E-state index in [0.29, 0.717) is 5.52 Å². The summed E-state index contributed by atoms with van der Waals surface area (Å²) >= 11 is 0. The van der Waals surface area contributed by atoms with E-state index < -0.39 is 11.2 Å². The molecule has 0 radical (unpaired) electrons. The Balaban J connectivity index is 2.96. The zero-order valence-electron chi connectivity index (χ0n) is 8.00. The molecule has 0 saturated heterocycles. The Labute approximate surface area is 84.6 Å². The zero-order valence-corrected chi connectivity index (χ0v) is 8.00. The molecule has 0 fully saturated rings. The number of ketones is 1. The van der Waals surface area contributed by atoms with Crippen LogP contribution < -0.4 is 5.43 Å². The standard InChI is InChI=1S/C11H8FNO2/c1-6(14)7-5-13-9-4-2-3-8(12)10(9)11(7)15/h2-5H,1H3,(H,13,15). The smallest absolute Gasteiger partial charge is 0.203 e. The lowest BCUT2D eigenvalue weighted by Gasteiger charge is -2.00. The number of benzene rings is 1. The van der Waals surface area contributed by atoms with Gasteiger partial charge >= 0.3 is 0 Å². The van der Waals surface area contributed by atoms with Gasteiger partial charge < -0.3 is 4.98 Å². The van der Waals surface area contributed by atoms with Crippen molar-refractivity contribution in [2.24, 2.45) is 0 Å². The van der Waals surface area contributed by atoms with E-state index in [4.69, 9.17) is 0 Å². The van der Waals surface area contributed by atoms with Crippen molar-refractivity contribution in [2.75, 3.05) is 0 Å². The summed E-state index contributed by atoms with van der Waals surface area (Å²) < 4.78 is 13.4. The number of pyridine rings is 1. The molecule has 1 aromatic carbocycles. The molecule has 0 spiro atoms. The van der Waals surface area contributed by atoms with E-state index in [1.165, 1.54) is 25.3 Å². The Bertz CT molecular complexity index is 601. The van der Waals surface area contributed by atoms with Crippen LogP contribution in [0.3, 0.4) is 0 Å². The van der Waals surface area contributed by atoms with E-state index in [9.17, 15) is 14.0 Å². The molecule has 4 heteroatoms. The van der Waals surface area contributed by atoms with Crippen molar-refractivity contribution >= 4 is 16.7 Å². The van der Waals surface area contributed by atoms with Gasteiger partial charge in [0.15, 0.2) is 5.78 Å². The van der Waals surface area contributed by atoms with Crippen LogP contribution in [0.4, 0.5) is 4.39 Å². The summed E-state index contributed by atoms with van der Waals surface area (Å²) in [5.41, 5.74) is -0.188. The molecule has 0 bridgehead atoms. The highest BCUT2D eigenvalue weighted by molar-refractivity contribution is 5.97. The lowest BCUT2D eigenvalue weighted by atomic mass is 10.1. The molecule has 1 N–H and O–H groups in total. The maximum atomic E-state index is 13.4. The first-order valence-corrected chi connectivity index (χ1v) is 4.42. The van der Waals surface area contributed by atoms with Crippen LogP contribution in [0.15, 0.2) is 29.2 Å². The third kappa shape index (κ3) is 1.44. The molecule has 76 valence electrons. The lowest BCUT2D eigenvalue weighted by molar-refractivity contribution is 0.101. The number of hydrogen-bond acceptors (Lipinski definition) is 2. The van der Waals surface area contributed by atoms with Crippen LogP contribution in [0.1, 0.15) is 17.3 Å². The van der Waals surface area contributed by atoms with E-state index in [-0.39, 0.29) is 16.7 Å². The normalized spacial score (nSPS) is 10.5. The quantitative estimate of drug-likeness (QED) is 0.722. The number of fused-ring (bicyclic) bond motifs is 1. The molecule has 0 aliphatic heterocycles. The van der Waals surface area contributed by atoms with Gasteiger partial charge in [-0.2, -0.15) is 0 Å². The number of nitrogens with one attached hydrogen (secondary N) is 1. The fraction of sp³-hybridized carbons (Fsp3) is 0.0909. The second kappa shape index (κ2) is 3.31. The van der Waals surface area contributed by atoms with Gasteiger partial charge in [-0.1, -0.05) is 6.07 Å². The monoisotopic (exact) mass is 205 g/mol. The number of Topliss-reactive ketones (excluding diaryl/α,β-unsaturated/α-hetero) is 1. The Kier molecular flexibility index (Phi) is 2.11. The van der Waals surface area contributed by atoms with Crippen molar-refractivity contribution in [1.29, 1.82) is 0 Å². The maximum absolute atomic E-state index is 13.4. The lowest BCUT2D eigenvalue weighted by Crippen LogP contribution is -2.14. The molecular weight excluding hydrogens is 197 g/mol. The first-order valence-electron chi connectivity index (χ1n) is 4.42. The van der Waals surface area contributed by atoms with Gasteiger partial charge in [-0.15, -0.1) is 0 Å². The second-order valence-electron chi connectivity index (χ2n) is 3.25. The minimum absolute atomic E-state index is 0.0207. The summed E-state index contributed by atoms with van der Waals surface area (Å²) in [5.74, 6) is -0.988. The first kappa shape index (κ1) is 9.58. The average molecular weight is 205 g/mol. The van der Waals surface area contributed by atoms with Gasteiger partial charge in [-0.05, 0) is 19.1 Å². The van der Waals surface area contributed by atoms with Crippen molar-refractivity contribution in [3.05, 3.63) is 46.0 Å². The van der Waals surface area contributed by atoms with E-state index >= 15 is 0 Å². The molecule has 0 atom stereocenters. The SMILES string of the molecule is CC(=O)c1c[nH]c2cccc(F)c2c1=O. The van der Waals surface area contributed by atoms with Crippen LogP contribution in [0, 0.1) is 5.82 Å². The molecule has 2 rings (SSSR count). The van der Waals surface area contributed by atoms with Crippen LogP contribution in [-0.2, 0) is 0 Å². The van der Waals surface area contributed by atoms with Crippen molar-refractivity contribution in [1.82, 2.24) is 4.98 Å². The summed E-state index contributed by atoms with van der Waals surface area (Å²) in [5, 5.41) is -0.0646. The first-order chi connectivity index (χ1) is 7.11. The summed E-state index contributed by atoms with van der Waals surface area (Å²) in [6, 6.07) is 4.28. The highest BCUT2D eigenvalue weighted by Gasteiger charge is 2.11. The summed E-state index contributed by atoms with van der Waals surface area (Å²) in [6.07, 6.45) is 1.31. The molecule has 2 aromatic rings. The summed E-state index contributed by atoms with van der Waals surface area (Å²) in [6.45, 7) is 1.28. The number of aromatic amines is 1. The molecule has 0 unspecified atom stereocenters. The van der Waals surface area contributed by atoms with Crippen LogP contribution >= 0.6 is 0 Å². The minimum atomic E-state index is -0.614. The molecule has 15 heavy (non-hydrogen) atoms. The van der Waals surface area contributed by atoms with E-state index in [0.717, 1.165) is 0 Å². The molecule has 1 heterocycles. The van der Waals surface area contributed by atoms with Crippen molar-refractivity contribution < 1.29 is 9.18 Å². The highest BCUT2D eigenvalue weighted by atomic mass is 19.1. The van der Waals surface area contributed by atoms with Crippen molar-refractivity contribution in [3.63, 3.8) is 0 Å². The van der Waals surface area contributed by atoms with Crippen LogP contribution in [0.5, 0.6) is 0 Å². The van der Waals surface area contributed by atoms with Crippen LogP contribution in [0.25, 0.3) is 10.9 Å². The fourth-order valence-corrected chi connectivity index (χ4v) is 1.49. The molecule has 3 nitrogen and oxygen atoms in total. The van der Waals surface area contributed by atoms with E-state index in [1.54, 1.807) is 6.07 Å². The molecule has 0 aliphatic rings. The molecule has 0 amide bonds. The molecular formula is C11H8FNO2. The predicted molar refractivity (Wildman–Crippen MR) is 54.5 cm³/mol. The number of carbonyl (C=O) groups excluding carboxylic acids is 1. The summed E-state index contributed by atoms with van der Waals surface area (Å²) in [4.78, 5) is 25.5. The Hall–Kier alpha value is -1.97. The van der Waals surface area contributed by atoms with Crippen molar-refractivity contribution in [3.8, 4) is 0 Å². The van der Waals surface area contributed by atoms with Gasteiger partial charge in [0.05, 0.1) is 16.5 Å². The third-order valence-electron chi connectivity index (χ3n) is 2.24. The van der Waals surface area contributed by atoms with Gasteiger partial charge in [0.2, 0.25) is 5.43 Å². The van der Waals surface area contributed by atoms with E-state index in [2.05, 4.69) is 4.98 Å². The molecule has 0 saturated carbocycles. The molecule has 0 aliphatic carbocycles. The number of rotatable bonds is 1. The summed E-state index contributed by atoms with van der Waals surface area (Å²) in [7, 11) is 0. The van der Waals surface area contributed by atoms with Crippen LogP contribution in [-0.4, -0.2) is 10.8 Å². The average Bonchev–Trinajstić information content (AvgIpc) is 2.17. The second-order valence-corrected chi connectivity index (χ2v) is 3.25. The minimum Gasteiger partial charge on any atom is -0.360 e. The number of H-pyrrole nitrogens is 1. The van der Waals surface area contributed by atoms with E-state index in [1.807, 2.05) is 0 Å². The van der Waals surface area contributed by atoms with Gasteiger partial charge in [0.1, 0.15) is 5.82 Å². The molecule has 1 aromatic heterocycles. The fourth-order valence-electron chi connectivity index (χ4n) is 1.49. The number of aromatic nitrogens is 1. The topological polar surface area (TPSA) is 49.9 Å². The number of halogens is 1. The van der Waals surface area contributed by atoms with Crippen LogP contribution in [0.2, 0.25) is 0 Å². The Morgan fingerprint density at radius 3 is 2.80 bits per heavy atom. The van der Waals surface area contributed by atoms with Gasteiger partial charge in [-0.3, -0.25) is 9.59 Å². The largest absolute Gasteiger partial charge is 0.360 e. The Morgan fingerprint density at radius 2 is 2.13 bits per heavy atom. The highest BCUT2D eigenvalue weighted by Crippen LogP contribution is 2.11. The van der Waals surface area contributed by atoms with Gasteiger partial charge in [0.25, 0.3) is 0 Å². The number of carbonyl (C=O) groups is 1. The maximum Gasteiger partial charge on any atom is 0.203 e. The predicted octanol–water partition coefficient (Wildman–Crippen LogP) is 1.87. The van der Waals surface area contributed by atoms with Crippen molar-refractivity contribution in [2.45, 2.75) is 6.92 Å². The van der Waals surface area contributed by atoms with Gasteiger partial charge in [-0.25, -0.2) is 4.39 Å². The van der Waals surface area contributed by atoms with Gasteiger partial charge in [0, 0.05) is 6.20 Å². The zero-order chi connectivity index (χ0) is 11.0. The third-order valence-corrected chi connectivity index (χ3v) is 2.24. The Morgan fingerprint density at radius 1 is 1.40 bits per heavy atom. The number of hydrogen-bond donors (Lipinski definition) is 1.